The third-order valence-corrected chi connectivity index (χ3v) is 5.19. The van der Waals surface area contributed by atoms with Crippen molar-refractivity contribution in [2.75, 3.05) is 20.8 Å². The van der Waals surface area contributed by atoms with E-state index in [1.165, 1.54) is 0 Å². The lowest BCUT2D eigenvalue weighted by Gasteiger charge is -2.16. The molecule has 0 aromatic carbocycles. The molecule has 1 unspecified atom stereocenters. The average Bonchev–Trinajstić information content (AvgIpc) is 3.07. The highest BCUT2D eigenvalue weighted by Gasteiger charge is 2.50. The Morgan fingerprint density at radius 1 is 1.07 bits per heavy atom. The van der Waals surface area contributed by atoms with Gasteiger partial charge in [-0.25, -0.2) is 14.0 Å². The maximum Gasteiger partial charge on any atom is 0.560 e. The molecule has 0 spiro atoms. The van der Waals surface area contributed by atoms with Crippen LogP contribution in [0.25, 0.3) is 0 Å². The van der Waals surface area contributed by atoms with Crippen molar-refractivity contribution in [3.63, 3.8) is 0 Å². The van der Waals surface area contributed by atoms with Gasteiger partial charge in [0.25, 0.3) is 27.8 Å². The summed E-state index contributed by atoms with van der Waals surface area (Å²) in [6.07, 6.45) is -2.68. The molecule has 2 saturated heterocycles. The van der Waals surface area contributed by atoms with Crippen LogP contribution in [0.2, 0.25) is 0 Å². The molecule has 0 bridgehead atoms. The first-order valence-corrected chi connectivity index (χ1v) is 9.04. The fourth-order valence-electron chi connectivity index (χ4n) is 1.87. The molecule has 0 saturated carbocycles. The number of hydrogen-bond acceptors (Lipinski definition) is 14. The van der Waals surface area contributed by atoms with E-state index in [2.05, 4.69) is 28.1 Å². The second-order valence-electron chi connectivity index (χ2n) is 4.70. The van der Waals surface area contributed by atoms with Crippen molar-refractivity contribution in [3.05, 3.63) is 0 Å². The lowest BCUT2D eigenvalue weighted by Crippen LogP contribution is -2.40. The summed E-state index contributed by atoms with van der Waals surface area (Å²) >= 11 is 0.233. The highest BCUT2D eigenvalue weighted by molar-refractivity contribution is 7.92. The molecule has 0 aromatic rings. The highest BCUT2D eigenvalue weighted by atomic mass is 32.2. The van der Waals surface area contributed by atoms with E-state index in [1.54, 1.807) is 0 Å². The fraction of sp³-hybridized carbons (Fsp3) is 0.500. The number of rotatable bonds is 8. The molecule has 0 N–H and O–H groups in total. The molecule has 28 heavy (non-hydrogen) atoms. The molecular formula is C10H11N3O13S2. The number of carbonyl (C=O) groups excluding carboxylic acids is 5. The van der Waals surface area contributed by atoms with Crippen molar-refractivity contribution >= 4 is 52.3 Å². The van der Waals surface area contributed by atoms with Crippen molar-refractivity contribution < 1.29 is 60.5 Å². The summed E-state index contributed by atoms with van der Waals surface area (Å²) in [5.74, 6) is -3.63. The van der Waals surface area contributed by atoms with E-state index in [4.69, 9.17) is 0 Å². The van der Waals surface area contributed by atoms with Crippen molar-refractivity contribution in [1.82, 2.24) is 14.4 Å². The molecule has 2 aliphatic heterocycles. The predicted octanol–water partition coefficient (Wildman–Crippen LogP) is -1.59. The number of hydroxylamine groups is 4. The topological polar surface area (TPSA) is 185 Å². The van der Waals surface area contributed by atoms with E-state index >= 15 is 0 Å². The van der Waals surface area contributed by atoms with Gasteiger partial charge >= 0.3 is 12.2 Å². The number of imide groups is 2. The standard InChI is InChI=1S/C10H11N3O13S2/c1-21-25-26-27-11-4-7(15)13(9(11)17)24-10(18)23-12-6(14)3-5(8(12)16)28(19,20)22-2/h5H,3-4H2,1-2H3. The van der Waals surface area contributed by atoms with Crippen LogP contribution in [0.4, 0.5) is 9.59 Å². The van der Waals surface area contributed by atoms with E-state index in [0.717, 1.165) is 14.2 Å². The van der Waals surface area contributed by atoms with Crippen LogP contribution in [-0.2, 0) is 52.6 Å². The Morgan fingerprint density at radius 2 is 1.71 bits per heavy atom. The Hall–Kier alpha value is -2.51. The summed E-state index contributed by atoms with van der Waals surface area (Å²) in [4.78, 5) is 71.7. The first-order valence-electron chi connectivity index (χ1n) is 6.87. The normalized spacial score (nSPS) is 20.4. The summed E-state index contributed by atoms with van der Waals surface area (Å²) in [5.41, 5.74) is 0. The highest BCUT2D eigenvalue weighted by Crippen LogP contribution is 2.24. The van der Waals surface area contributed by atoms with E-state index in [1.807, 2.05) is 0 Å². The molecular weight excluding hydrogens is 434 g/mol. The zero-order valence-electron chi connectivity index (χ0n) is 14.0. The third kappa shape index (κ3) is 4.48. The minimum absolute atomic E-state index is 0.0418. The van der Waals surface area contributed by atoms with E-state index < -0.39 is 58.2 Å². The molecule has 2 fully saturated rings. The lowest BCUT2D eigenvalue weighted by molar-refractivity contribution is -0.448. The number of urea groups is 1. The number of carbonyl (C=O) groups is 5. The van der Waals surface area contributed by atoms with Crippen molar-refractivity contribution in [2.24, 2.45) is 0 Å². The first-order chi connectivity index (χ1) is 13.1. The summed E-state index contributed by atoms with van der Waals surface area (Å²) in [6, 6.07) is -1.19. The Morgan fingerprint density at radius 3 is 2.32 bits per heavy atom. The van der Waals surface area contributed by atoms with Crippen LogP contribution in [0.5, 0.6) is 0 Å². The molecule has 5 amide bonds. The van der Waals surface area contributed by atoms with E-state index in [0.29, 0.717) is 4.31 Å². The van der Waals surface area contributed by atoms with E-state index in [-0.39, 0.29) is 22.4 Å². The number of amides is 5. The number of nitrogens with zero attached hydrogens (tertiary/aromatic N) is 3. The summed E-state index contributed by atoms with van der Waals surface area (Å²) < 4.78 is 32.2. The van der Waals surface area contributed by atoms with Crippen LogP contribution in [0.1, 0.15) is 6.42 Å². The quantitative estimate of drug-likeness (QED) is 0.0608. The Bertz CT molecular complexity index is 798. The first kappa shape index (κ1) is 21.8. The van der Waals surface area contributed by atoms with Crippen molar-refractivity contribution in [1.29, 1.82) is 0 Å². The van der Waals surface area contributed by atoms with Crippen LogP contribution in [0.15, 0.2) is 0 Å². The minimum atomic E-state index is -4.42. The Balaban J connectivity index is 1.97. The molecule has 0 radical (unpaired) electrons. The van der Waals surface area contributed by atoms with Gasteiger partial charge in [0.1, 0.15) is 6.54 Å². The average molecular weight is 445 g/mol. The molecule has 2 heterocycles. The summed E-state index contributed by atoms with van der Waals surface area (Å²) in [5, 5.41) is 1.89. The lowest BCUT2D eigenvalue weighted by atomic mass is 10.4. The van der Waals surface area contributed by atoms with Gasteiger partial charge in [-0.05, 0) is 0 Å². The maximum atomic E-state index is 11.9. The number of hydrogen-bond donors (Lipinski definition) is 0. The Kier molecular flexibility index (Phi) is 6.74. The molecule has 0 aromatic heterocycles. The van der Waals surface area contributed by atoms with Gasteiger partial charge in [0, 0.05) is 0 Å². The second kappa shape index (κ2) is 8.67. The Labute approximate surface area is 160 Å². The smallest absolute Gasteiger partial charge is 0.293 e. The van der Waals surface area contributed by atoms with Crippen LogP contribution < -0.4 is 0 Å². The van der Waals surface area contributed by atoms with Crippen molar-refractivity contribution in [3.8, 4) is 0 Å². The van der Waals surface area contributed by atoms with Gasteiger partial charge in [0.2, 0.25) is 0 Å². The van der Waals surface area contributed by atoms with Crippen LogP contribution in [0, 0.1) is 0 Å². The van der Waals surface area contributed by atoms with Gasteiger partial charge in [-0.2, -0.15) is 13.2 Å². The molecule has 156 valence electrons. The zero-order chi connectivity index (χ0) is 21.1. The van der Waals surface area contributed by atoms with Gasteiger partial charge in [0.05, 0.1) is 20.6 Å². The molecule has 0 aliphatic carbocycles. The monoisotopic (exact) mass is 445 g/mol. The summed E-state index contributed by atoms with van der Waals surface area (Å²) in [6.45, 7) is -0.598. The predicted molar refractivity (Wildman–Crippen MR) is 79.5 cm³/mol. The van der Waals surface area contributed by atoms with Gasteiger partial charge in [0.15, 0.2) is 17.5 Å². The second-order valence-corrected chi connectivity index (χ2v) is 7.31. The van der Waals surface area contributed by atoms with Crippen LogP contribution in [0.3, 0.4) is 0 Å². The summed E-state index contributed by atoms with van der Waals surface area (Å²) in [7, 11) is -2.53. The largest absolute Gasteiger partial charge is 0.560 e. The molecule has 16 nitrogen and oxygen atoms in total. The molecule has 18 heteroatoms. The van der Waals surface area contributed by atoms with Gasteiger partial charge in [-0.1, -0.05) is 15.2 Å². The molecule has 1 atom stereocenters. The third-order valence-electron chi connectivity index (χ3n) is 3.08. The van der Waals surface area contributed by atoms with Gasteiger partial charge in [-0.15, -0.1) is 4.33 Å². The van der Waals surface area contributed by atoms with Crippen molar-refractivity contribution in [2.45, 2.75) is 11.7 Å². The van der Waals surface area contributed by atoms with Crippen LogP contribution >= 0.6 is 12.2 Å². The SMILES string of the molecule is COOOSN1CC(=O)N(OC(=O)ON2C(=O)CC(S(=O)(=O)OC)C2=O)C1=O. The molecule has 2 aliphatic rings. The maximum absolute atomic E-state index is 11.9. The van der Waals surface area contributed by atoms with E-state index in [9.17, 15) is 32.4 Å². The minimum Gasteiger partial charge on any atom is -0.293 e. The van der Waals surface area contributed by atoms with Crippen LogP contribution in [-0.4, -0.2) is 78.8 Å². The fourth-order valence-corrected chi connectivity index (χ4v) is 3.25. The zero-order valence-corrected chi connectivity index (χ0v) is 15.6. The van der Waals surface area contributed by atoms with Gasteiger partial charge < -0.3 is 0 Å². The molecule has 2 rings (SSSR count). The van der Waals surface area contributed by atoms with Gasteiger partial charge in [-0.3, -0.25) is 28.2 Å².